The number of halogens is 1. The van der Waals surface area contributed by atoms with Gasteiger partial charge in [0, 0.05) is 43.3 Å². The second-order valence-electron chi connectivity index (χ2n) is 11.4. The number of benzene rings is 2. The molecule has 0 radical (unpaired) electrons. The summed E-state index contributed by atoms with van der Waals surface area (Å²) >= 11 is 6.05. The van der Waals surface area contributed by atoms with E-state index in [4.69, 9.17) is 21.1 Å². The van der Waals surface area contributed by atoms with Gasteiger partial charge in [-0.1, -0.05) is 35.9 Å². The first kappa shape index (κ1) is 27.9. The topological polar surface area (TPSA) is 74.3 Å². The second-order valence-corrected chi connectivity index (χ2v) is 11.8. The molecule has 4 aliphatic heterocycles. The Balaban J connectivity index is 1.17. The Kier molecular flexibility index (Phi) is 8.37. The first-order chi connectivity index (χ1) is 20.0. The van der Waals surface area contributed by atoms with Gasteiger partial charge in [0.2, 0.25) is 0 Å². The van der Waals surface area contributed by atoms with E-state index in [-0.39, 0.29) is 12.1 Å². The average molecular weight is 576 g/mol. The van der Waals surface area contributed by atoms with Crippen LogP contribution in [0.4, 0.5) is 4.79 Å². The number of dihydropyridines is 1. The third-order valence-electron chi connectivity index (χ3n) is 8.68. The predicted molar refractivity (Wildman–Crippen MR) is 161 cm³/mol. The Bertz CT molecular complexity index is 1340. The molecule has 1 atom stereocenters. The molecule has 4 aliphatic rings. The first-order valence-corrected chi connectivity index (χ1v) is 15.1. The van der Waals surface area contributed by atoms with E-state index in [9.17, 15) is 9.90 Å². The number of piperidine rings is 2. The molecule has 7 nitrogen and oxygen atoms in total. The van der Waals surface area contributed by atoms with Crippen molar-refractivity contribution in [2.75, 3.05) is 39.3 Å². The lowest BCUT2D eigenvalue weighted by Crippen LogP contribution is -2.42. The van der Waals surface area contributed by atoms with Crippen LogP contribution in [0.25, 0.3) is 5.57 Å². The van der Waals surface area contributed by atoms with Crippen molar-refractivity contribution in [3.05, 3.63) is 88.6 Å². The van der Waals surface area contributed by atoms with Gasteiger partial charge in [0.15, 0.2) is 0 Å². The predicted octanol–water partition coefficient (Wildman–Crippen LogP) is 5.89. The lowest BCUT2D eigenvalue weighted by Gasteiger charge is -2.38. The van der Waals surface area contributed by atoms with Crippen LogP contribution in [0.5, 0.6) is 11.5 Å². The molecule has 1 amide bonds. The lowest BCUT2D eigenvalue weighted by atomic mass is 9.84. The normalized spacial score (nSPS) is 23.0. The smallest absolute Gasteiger partial charge is 0.415 e. The van der Waals surface area contributed by atoms with E-state index >= 15 is 0 Å². The van der Waals surface area contributed by atoms with E-state index in [0.717, 1.165) is 80.9 Å². The van der Waals surface area contributed by atoms with Crippen molar-refractivity contribution in [1.29, 1.82) is 0 Å². The summed E-state index contributed by atoms with van der Waals surface area (Å²) in [6.07, 6.45) is 13.5. The fourth-order valence-corrected chi connectivity index (χ4v) is 6.36. The Labute approximate surface area is 247 Å². The number of hydrogen-bond acceptors (Lipinski definition) is 6. The number of aliphatic hydroxyl groups is 1. The van der Waals surface area contributed by atoms with Crippen LogP contribution in [0.15, 0.2) is 72.5 Å². The quantitative estimate of drug-likeness (QED) is 0.463. The highest BCUT2D eigenvalue weighted by atomic mass is 35.5. The van der Waals surface area contributed by atoms with Crippen molar-refractivity contribution >= 4 is 23.3 Å². The largest absolute Gasteiger partial charge is 0.490 e. The highest BCUT2D eigenvalue weighted by Gasteiger charge is 2.34. The molecular weight excluding hydrogens is 538 g/mol. The van der Waals surface area contributed by atoms with Crippen molar-refractivity contribution < 1.29 is 19.4 Å². The Morgan fingerprint density at radius 2 is 1.88 bits per heavy atom. The zero-order chi connectivity index (χ0) is 28.2. The maximum atomic E-state index is 12.8. The van der Waals surface area contributed by atoms with Crippen molar-refractivity contribution in [2.45, 2.75) is 50.2 Å². The maximum Gasteiger partial charge on any atom is 0.415 e. The molecule has 6 rings (SSSR count). The minimum absolute atomic E-state index is 0.0439. The molecule has 2 N–H and O–H groups in total. The number of hydrogen-bond donors (Lipinski definition) is 2. The van der Waals surface area contributed by atoms with Crippen LogP contribution in [0, 0.1) is 0 Å². The number of ether oxygens (including phenoxy) is 2. The summed E-state index contributed by atoms with van der Waals surface area (Å²) in [6, 6.07) is 13.3. The third-order valence-corrected chi connectivity index (χ3v) is 8.93. The summed E-state index contributed by atoms with van der Waals surface area (Å²) in [5.41, 5.74) is 3.34. The molecule has 216 valence electrons. The van der Waals surface area contributed by atoms with Crippen molar-refractivity contribution in [1.82, 2.24) is 15.1 Å². The second kappa shape index (κ2) is 12.3. The maximum absolute atomic E-state index is 12.8. The highest BCUT2D eigenvalue weighted by Crippen LogP contribution is 2.39. The number of rotatable bonds is 5. The standard InChI is InChI=1S/C33H38ClN3O4/c34-25-10-8-24(9-11-25)33(39)14-20-36(21-15-33)17-5-7-27-28-6-4-16-35-30(28)23-40-31-13-12-26(22-29(27)31)41-32(38)37-18-2-1-3-19-37/h4,6-13,16,22,30,35,39H,1-3,5,14-15,17-21,23H2/b27-7+. The van der Waals surface area contributed by atoms with Crippen molar-refractivity contribution in [3.8, 4) is 11.5 Å². The van der Waals surface area contributed by atoms with E-state index < -0.39 is 5.60 Å². The van der Waals surface area contributed by atoms with Crippen molar-refractivity contribution in [2.24, 2.45) is 0 Å². The van der Waals surface area contributed by atoms with Gasteiger partial charge < -0.3 is 29.7 Å². The number of likely N-dealkylation sites (tertiary alicyclic amines) is 2. The molecule has 41 heavy (non-hydrogen) atoms. The van der Waals surface area contributed by atoms with Gasteiger partial charge in [-0.05, 0) is 97.8 Å². The summed E-state index contributed by atoms with van der Waals surface area (Å²) in [5, 5.41) is 15.4. The molecule has 0 aliphatic carbocycles. The molecule has 2 aromatic carbocycles. The fourth-order valence-electron chi connectivity index (χ4n) is 6.24. The zero-order valence-electron chi connectivity index (χ0n) is 23.4. The Morgan fingerprint density at radius 3 is 2.66 bits per heavy atom. The lowest BCUT2D eigenvalue weighted by molar-refractivity contribution is -0.0254. The van der Waals surface area contributed by atoms with Crippen LogP contribution in [-0.4, -0.2) is 66.4 Å². The Hall–Kier alpha value is -3.26. The van der Waals surface area contributed by atoms with Crippen LogP contribution < -0.4 is 14.8 Å². The molecule has 1 unspecified atom stereocenters. The molecule has 2 saturated heterocycles. The highest BCUT2D eigenvalue weighted by molar-refractivity contribution is 6.30. The zero-order valence-corrected chi connectivity index (χ0v) is 24.1. The third kappa shape index (κ3) is 6.32. The summed E-state index contributed by atoms with van der Waals surface area (Å²) in [5.74, 6) is 1.32. The molecule has 2 fully saturated rings. The van der Waals surface area contributed by atoms with Gasteiger partial charge in [0.05, 0.1) is 11.6 Å². The minimum Gasteiger partial charge on any atom is -0.490 e. The van der Waals surface area contributed by atoms with E-state index in [2.05, 4.69) is 22.4 Å². The summed E-state index contributed by atoms with van der Waals surface area (Å²) in [7, 11) is 0. The summed E-state index contributed by atoms with van der Waals surface area (Å²) < 4.78 is 12.0. The number of nitrogens with one attached hydrogen (secondary N) is 1. The number of carbonyl (C=O) groups is 1. The Morgan fingerprint density at radius 1 is 1.10 bits per heavy atom. The van der Waals surface area contributed by atoms with Crippen LogP contribution in [0.2, 0.25) is 5.02 Å². The van der Waals surface area contributed by atoms with Gasteiger partial charge in [-0.25, -0.2) is 4.79 Å². The summed E-state index contributed by atoms with van der Waals surface area (Å²) in [6.45, 7) is 4.56. The van der Waals surface area contributed by atoms with Crippen LogP contribution >= 0.6 is 11.6 Å². The van der Waals surface area contributed by atoms with E-state index in [1.807, 2.05) is 54.7 Å². The number of amides is 1. The monoisotopic (exact) mass is 575 g/mol. The van der Waals surface area contributed by atoms with Gasteiger partial charge >= 0.3 is 6.09 Å². The van der Waals surface area contributed by atoms with Gasteiger partial charge in [0.1, 0.15) is 18.1 Å². The average Bonchev–Trinajstić information content (AvgIpc) is 3.15. The molecule has 0 spiro atoms. The van der Waals surface area contributed by atoms with Gasteiger partial charge in [-0.3, -0.25) is 0 Å². The fraction of sp³-hybridized carbons (Fsp3) is 0.424. The first-order valence-electron chi connectivity index (χ1n) is 14.8. The van der Waals surface area contributed by atoms with E-state index in [1.165, 1.54) is 5.57 Å². The molecular formula is C33H38ClN3O4. The van der Waals surface area contributed by atoms with Crippen LogP contribution in [-0.2, 0) is 5.60 Å². The van der Waals surface area contributed by atoms with Gasteiger partial charge in [0.25, 0.3) is 0 Å². The molecule has 0 aromatic heterocycles. The molecule has 4 heterocycles. The molecule has 0 saturated carbocycles. The van der Waals surface area contributed by atoms with Crippen LogP contribution in [0.3, 0.4) is 0 Å². The van der Waals surface area contributed by atoms with E-state index in [1.54, 1.807) is 4.90 Å². The number of nitrogens with zero attached hydrogens (tertiary/aromatic N) is 2. The summed E-state index contributed by atoms with van der Waals surface area (Å²) in [4.78, 5) is 17.0. The molecule has 8 heteroatoms. The van der Waals surface area contributed by atoms with E-state index in [0.29, 0.717) is 30.2 Å². The molecule has 2 aromatic rings. The van der Waals surface area contributed by atoms with Crippen LogP contribution in [0.1, 0.15) is 49.7 Å². The molecule has 0 bridgehead atoms. The number of allylic oxidation sites excluding steroid dienone is 2. The van der Waals surface area contributed by atoms with Gasteiger partial charge in [-0.15, -0.1) is 0 Å². The minimum atomic E-state index is -0.808. The van der Waals surface area contributed by atoms with Gasteiger partial charge in [-0.2, -0.15) is 0 Å². The number of fused-ring (bicyclic) bond motifs is 2. The number of carbonyl (C=O) groups excluding carboxylic acids is 1. The SMILES string of the molecule is O=C(Oc1ccc2c(c1)/C(=C/CCN1CCC(O)(c3ccc(Cl)cc3)CC1)C1=CC=CNC1CO2)N1CCCCC1. The van der Waals surface area contributed by atoms with Crippen molar-refractivity contribution in [3.63, 3.8) is 0 Å².